The van der Waals surface area contributed by atoms with E-state index in [2.05, 4.69) is 17.7 Å². The molecular weight excluding hydrogens is 378 g/mol. The maximum absolute atomic E-state index is 12.5. The zero-order valence-corrected chi connectivity index (χ0v) is 17.8. The molecule has 1 heterocycles. The highest BCUT2D eigenvalue weighted by molar-refractivity contribution is 6.00. The van der Waals surface area contributed by atoms with Crippen LogP contribution in [-0.2, 0) is 11.2 Å². The van der Waals surface area contributed by atoms with E-state index in [9.17, 15) is 9.59 Å². The van der Waals surface area contributed by atoms with E-state index in [0.717, 1.165) is 34.6 Å². The highest BCUT2D eigenvalue weighted by Crippen LogP contribution is 2.21. The molecular formula is C24H27N3O3. The van der Waals surface area contributed by atoms with Crippen molar-refractivity contribution in [1.29, 1.82) is 0 Å². The van der Waals surface area contributed by atoms with E-state index in [1.807, 2.05) is 51.1 Å². The minimum atomic E-state index is -0.223. The molecule has 0 fully saturated rings. The summed E-state index contributed by atoms with van der Waals surface area (Å²) in [4.78, 5) is 24.8. The fourth-order valence-corrected chi connectivity index (χ4v) is 3.24. The van der Waals surface area contributed by atoms with Crippen molar-refractivity contribution in [2.24, 2.45) is 0 Å². The third kappa shape index (κ3) is 4.89. The van der Waals surface area contributed by atoms with E-state index in [1.165, 1.54) is 0 Å². The molecule has 0 aliphatic rings. The van der Waals surface area contributed by atoms with Gasteiger partial charge in [-0.1, -0.05) is 25.1 Å². The highest BCUT2D eigenvalue weighted by Gasteiger charge is 2.11. The first kappa shape index (κ1) is 21.2. The van der Waals surface area contributed by atoms with Gasteiger partial charge < -0.3 is 10.1 Å². The molecule has 0 unspecified atom stereocenters. The van der Waals surface area contributed by atoms with E-state index < -0.39 is 0 Å². The second-order valence-electron chi connectivity index (χ2n) is 7.22. The molecule has 0 spiro atoms. The van der Waals surface area contributed by atoms with Crippen molar-refractivity contribution in [3.8, 4) is 5.75 Å². The molecule has 0 saturated carbocycles. The molecule has 30 heavy (non-hydrogen) atoms. The van der Waals surface area contributed by atoms with Crippen LogP contribution in [0.3, 0.4) is 0 Å². The maximum atomic E-state index is 12.5. The molecule has 0 aliphatic carbocycles. The largest absolute Gasteiger partial charge is 0.484 e. The Hall–Kier alpha value is -3.54. The number of carbonyl (C=O) groups excluding carboxylic acids is 2. The van der Waals surface area contributed by atoms with Crippen molar-refractivity contribution in [2.45, 2.75) is 34.1 Å². The van der Waals surface area contributed by atoms with Crippen molar-refractivity contribution < 1.29 is 14.3 Å². The summed E-state index contributed by atoms with van der Waals surface area (Å²) in [5.41, 5.74) is 8.22. The second-order valence-corrected chi connectivity index (χ2v) is 7.22. The van der Waals surface area contributed by atoms with Gasteiger partial charge in [0.25, 0.3) is 11.8 Å². The number of aryl methyl sites for hydroxylation is 4. The van der Waals surface area contributed by atoms with Crippen molar-refractivity contribution in [2.75, 3.05) is 17.3 Å². The summed E-state index contributed by atoms with van der Waals surface area (Å²) in [6, 6.07) is 16.6. The van der Waals surface area contributed by atoms with Crippen molar-refractivity contribution in [3.05, 3.63) is 82.7 Å². The lowest BCUT2D eigenvalue weighted by molar-refractivity contribution is -0.118. The Morgan fingerprint density at radius 2 is 1.60 bits per heavy atom. The average molecular weight is 405 g/mol. The van der Waals surface area contributed by atoms with Crippen LogP contribution < -0.4 is 15.5 Å². The molecule has 6 nitrogen and oxygen atoms in total. The van der Waals surface area contributed by atoms with Crippen LogP contribution in [0.25, 0.3) is 0 Å². The van der Waals surface area contributed by atoms with Crippen molar-refractivity contribution in [3.63, 3.8) is 0 Å². The van der Waals surface area contributed by atoms with E-state index in [0.29, 0.717) is 11.3 Å². The summed E-state index contributed by atoms with van der Waals surface area (Å²) in [6.45, 7) is 7.77. The molecule has 2 N–H and O–H groups in total. The lowest BCUT2D eigenvalue weighted by Gasteiger charge is -2.14. The highest BCUT2D eigenvalue weighted by atomic mass is 16.5. The van der Waals surface area contributed by atoms with Crippen LogP contribution in [0.2, 0.25) is 0 Å². The number of ether oxygens (including phenoxy) is 1. The fourth-order valence-electron chi connectivity index (χ4n) is 3.24. The predicted octanol–water partition coefficient (Wildman–Crippen LogP) is 4.38. The van der Waals surface area contributed by atoms with E-state index in [1.54, 1.807) is 28.9 Å². The van der Waals surface area contributed by atoms with Crippen LogP contribution in [0.15, 0.2) is 54.6 Å². The number of amides is 2. The Morgan fingerprint density at radius 1 is 0.933 bits per heavy atom. The predicted molar refractivity (Wildman–Crippen MR) is 119 cm³/mol. The Balaban J connectivity index is 1.57. The average Bonchev–Trinajstić information content (AvgIpc) is 3.06. The fraction of sp³-hybridized carbons (Fsp3) is 0.250. The van der Waals surface area contributed by atoms with E-state index >= 15 is 0 Å². The normalized spacial score (nSPS) is 10.5. The summed E-state index contributed by atoms with van der Waals surface area (Å²) in [5.74, 6) is 0.0863. The van der Waals surface area contributed by atoms with Crippen LogP contribution in [0, 0.1) is 20.8 Å². The number of anilines is 1. The first-order chi connectivity index (χ1) is 14.4. The minimum Gasteiger partial charge on any atom is -0.484 e. The molecule has 6 heteroatoms. The lowest BCUT2D eigenvalue weighted by Crippen LogP contribution is -2.24. The van der Waals surface area contributed by atoms with Gasteiger partial charge in [-0.3, -0.25) is 19.7 Å². The van der Waals surface area contributed by atoms with Crippen LogP contribution in [-0.4, -0.2) is 23.1 Å². The van der Waals surface area contributed by atoms with Gasteiger partial charge in [-0.05, 0) is 74.7 Å². The number of hydrogen-bond donors (Lipinski definition) is 2. The van der Waals surface area contributed by atoms with E-state index in [4.69, 9.17) is 4.74 Å². The molecule has 2 aromatic carbocycles. The van der Waals surface area contributed by atoms with Gasteiger partial charge in [-0.2, -0.15) is 0 Å². The van der Waals surface area contributed by atoms with Gasteiger partial charge in [0, 0.05) is 22.6 Å². The molecule has 0 atom stereocenters. The molecule has 2 amide bonds. The molecule has 1 aromatic heterocycles. The van der Waals surface area contributed by atoms with Gasteiger partial charge in [0.1, 0.15) is 5.75 Å². The zero-order valence-electron chi connectivity index (χ0n) is 17.8. The van der Waals surface area contributed by atoms with Crippen LogP contribution in [0.5, 0.6) is 5.75 Å². The third-order valence-electron chi connectivity index (χ3n) is 4.98. The number of rotatable bonds is 7. The molecule has 0 radical (unpaired) electrons. The number of carbonyl (C=O) groups is 2. The van der Waals surface area contributed by atoms with Crippen molar-refractivity contribution in [1.82, 2.24) is 4.68 Å². The first-order valence-corrected chi connectivity index (χ1v) is 9.96. The number of aromatic nitrogens is 1. The summed E-state index contributed by atoms with van der Waals surface area (Å²) >= 11 is 0. The summed E-state index contributed by atoms with van der Waals surface area (Å²) < 4.78 is 7.33. The number of nitrogens with zero attached hydrogens (tertiary/aromatic N) is 1. The molecule has 0 aliphatic heterocycles. The van der Waals surface area contributed by atoms with Crippen LogP contribution in [0.1, 0.15) is 39.8 Å². The number of nitrogens with one attached hydrogen (secondary N) is 2. The maximum Gasteiger partial charge on any atom is 0.270 e. The monoisotopic (exact) mass is 405 g/mol. The standard InChI is InChI=1S/C24H27N3O3/c1-5-19-8-6-7-16(2)23(19)25-22(28)15-30-21-13-11-20(12-14-21)24(29)26-27-17(3)9-10-18(27)4/h6-14H,5,15H2,1-4H3,(H,25,28)(H,26,29). The van der Waals surface area contributed by atoms with Gasteiger partial charge in [0.05, 0.1) is 0 Å². The Morgan fingerprint density at radius 3 is 2.23 bits per heavy atom. The lowest BCUT2D eigenvalue weighted by atomic mass is 10.1. The van der Waals surface area contributed by atoms with Gasteiger partial charge >= 0.3 is 0 Å². The van der Waals surface area contributed by atoms with Crippen molar-refractivity contribution >= 4 is 17.5 Å². The minimum absolute atomic E-state index is 0.106. The quantitative estimate of drug-likeness (QED) is 0.613. The molecule has 3 aromatic rings. The van der Waals surface area contributed by atoms with Gasteiger partial charge in [0.2, 0.25) is 0 Å². The SMILES string of the molecule is CCc1cccc(C)c1NC(=O)COc1ccc(C(=O)Nn2c(C)ccc2C)cc1. The summed E-state index contributed by atoms with van der Waals surface area (Å²) in [7, 11) is 0. The number of benzene rings is 2. The topological polar surface area (TPSA) is 72.4 Å². The zero-order chi connectivity index (χ0) is 21.7. The van der Waals surface area contributed by atoms with Gasteiger partial charge in [-0.25, -0.2) is 0 Å². The van der Waals surface area contributed by atoms with Crippen LogP contribution in [0.4, 0.5) is 5.69 Å². The van der Waals surface area contributed by atoms with Crippen LogP contribution >= 0.6 is 0 Å². The van der Waals surface area contributed by atoms with E-state index in [-0.39, 0.29) is 18.4 Å². The first-order valence-electron chi connectivity index (χ1n) is 9.96. The second kappa shape index (κ2) is 9.31. The Labute approximate surface area is 176 Å². The third-order valence-corrected chi connectivity index (χ3v) is 4.98. The van der Waals surface area contributed by atoms with Gasteiger partial charge in [-0.15, -0.1) is 0 Å². The Kier molecular flexibility index (Phi) is 6.57. The smallest absolute Gasteiger partial charge is 0.270 e. The van der Waals surface area contributed by atoms with Gasteiger partial charge in [0.15, 0.2) is 6.61 Å². The molecule has 0 bridgehead atoms. The molecule has 0 saturated heterocycles. The molecule has 3 rings (SSSR count). The Bertz CT molecular complexity index is 1030. The number of hydrogen-bond acceptors (Lipinski definition) is 3. The summed E-state index contributed by atoms with van der Waals surface area (Å²) in [6.07, 6.45) is 0.837. The number of para-hydroxylation sites is 1. The molecule has 156 valence electrons. The summed E-state index contributed by atoms with van der Waals surface area (Å²) in [5, 5.41) is 2.93.